The zero-order chi connectivity index (χ0) is 12.3. The first-order valence-electron chi connectivity index (χ1n) is 6.80. The van der Waals surface area contributed by atoms with E-state index in [9.17, 15) is 4.79 Å². The van der Waals surface area contributed by atoms with E-state index in [4.69, 9.17) is 0 Å². The Labute approximate surface area is 115 Å². The highest BCUT2D eigenvalue weighted by atomic mass is 79.9. The average Bonchev–Trinajstić information content (AvgIpc) is 2.79. The Hall–Kier alpha value is -0.830. The number of benzene rings is 1. The van der Waals surface area contributed by atoms with E-state index in [1.54, 1.807) is 0 Å². The fraction of sp³-hybridized carbons (Fsp3) is 0.533. The molecule has 3 aliphatic rings. The topological polar surface area (TPSA) is 29.1 Å². The van der Waals surface area contributed by atoms with Gasteiger partial charge in [0.1, 0.15) is 0 Å². The summed E-state index contributed by atoms with van der Waals surface area (Å²) >= 11 is 3.43. The van der Waals surface area contributed by atoms with Crippen molar-refractivity contribution in [1.29, 1.82) is 0 Å². The average molecular weight is 306 g/mol. The van der Waals surface area contributed by atoms with E-state index in [2.05, 4.69) is 21.2 Å². The van der Waals surface area contributed by atoms with E-state index in [-0.39, 0.29) is 5.91 Å². The summed E-state index contributed by atoms with van der Waals surface area (Å²) in [5.41, 5.74) is 0.909. The molecule has 0 saturated heterocycles. The molecule has 18 heavy (non-hydrogen) atoms. The molecule has 0 aliphatic heterocycles. The van der Waals surface area contributed by atoms with Crippen LogP contribution < -0.4 is 5.32 Å². The number of nitrogens with one attached hydrogen (secondary N) is 1. The highest BCUT2D eigenvalue weighted by Gasteiger charge is 2.67. The molecule has 3 saturated carbocycles. The SMILES string of the molecule is O=C(Nc1cccc(Br)c1)C1[C@@H]2[C@H]3CC[C@@H](C3)[C@@H]12. The minimum absolute atomic E-state index is 0.250. The summed E-state index contributed by atoms with van der Waals surface area (Å²) < 4.78 is 1.01. The lowest BCUT2D eigenvalue weighted by Crippen LogP contribution is -2.18. The van der Waals surface area contributed by atoms with E-state index in [0.29, 0.717) is 5.92 Å². The van der Waals surface area contributed by atoms with Gasteiger partial charge in [0.15, 0.2) is 0 Å². The first-order valence-corrected chi connectivity index (χ1v) is 7.60. The van der Waals surface area contributed by atoms with E-state index >= 15 is 0 Å². The molecule has 1 amide bonds. The number of rotatable bonds is 2. The van der Waals surface area contributed by atoms with Crippen LogP contribution in [-0.2, 0) is 4.79 Å². The molecule has 3 aliphatic carbocycles. The fourth-order valence-corrected chi connectivity index (χ4v) is 4.87. The molecule has 0 radical (unpaired) electrons. The largest absolute Gasteiger partial charge is 0.326 e. The van der Waals surface area contributed by atoms with Crippen LogP contribution in [0.2, 0.25) is 0 Å². The molecule has 0 aromatic heterocycles. The number of carbonyl (C=O) groups excluding carboxylic acids is 1. The second kappa shape index (κ2) is 3.83. The van der Waals surface area contributed by atoms with Crippen LogP contribution in [0.3, 0.4) is 0 Å². The summed E-state index contributed by atoms with van der Waals surface area (Å²) in [6.45, 7) is 0. The van der Waals surface area contributed by atoms with Gasteiger partial charge in [0.05, 0.1) is 0 Å². The lowest BCUT2D eigenvalue weighted by molar-refractivity contribution is -0.118. The Balaban J connectivity index is 1.47. The van der Waals surface area contributed by atoms with Crippen molar-refractivity contribution in [2.24, 2.45) is 29.6 Å². The van der Waals surface area contributed by atoms with Gasteiger partial charge in [-0.2, -0.15) is 0 Å². The van der Waals surface area contributed by atoms with Crippen LogP contribution in [0, 0.1) is 29.6 Å². The minimum Gasteiger partial charge on any atom is -0.326 e. The van der Waals surface area contributed by atoms with Gasteiger partial charge in [-0.25, -0.2) is 0 Å². The highest BCUT2D eigenvalue weighted by Crippen LogP contribution is 2.69. The lowest BCUT2D eigenvalue weighted by Gasteiger charge is -2.09. The summed E-state index contributed by atoms with van der Waals surface area (Å²) in [4.78, 5) is 12.3. The van der Waals surface area contributed by atoms with Crippen LogP contribution in [0.4, 0.5) is 5.69 Å². The molecule has 0 spiro atoms. The van der Waals surface area contributed by atoms with Gasteiger partial charge in [-0.1, -0.05) is 22.0 Å². The monoisotopic (exact) mass is 305 g/mol. The summed E-state index contributed by atoms with van der Waals surface area (Å²) in [6.07, 6.45) is 4.13. The van der Waals surface area contributed by atoms with E-state index in [0.717, 1.165) is 33.8 Å². The van der Waals surface area contributed by atoms with Crippen LogP contribution in [0.1, 0.15) is 19.3 Å². The van der Waals surface area contributed by atoms with Crippen molar-refractivity contribution < 1.29 is 4.79 Å². The van der Waals surface area contributed by atoms with Crippen molar-refractivity contribution in [3.05, 3.63) is 28.7 Å². The van der Waals surface area contributed by atoms with Crippen LogP contribution in [0.25, 0.3) is 0 Å². The molecule has 4 atom stereocenters. The van der Waals surface area contributed by atoms with Gasteiger partial charge in [0.25, 0.3) is 0 Å². The van der Waals surface area contributed by atoms with Gasteiger partial charge < -0.3 is 5.32 Å². The zero-order valence-electron chi connectivity index (χ0n) is 10.1. The molecule has 3 fully saturated rings. The Kier molecular flexibility index (Phi) is 2.35. The normalized spacial score (nSPS) is 39.5. The molecule has 2 nitrogen and oxygen atoms in total. The second-order valence-electron chi connectivity index (χ2n) is 6.01. The summed E-state index contributed by atoms with van der Waals surface area (Å²) in [6, 6.07) is 7.85. The first-order chi connectivity index (χ1) is 8.74. The molecule has 4 rings (SSSR count). The van der Waals surface area contributed by atoms with Crippen molar-refractivity contribution >= 4 is 27.5 Å². The third-order valence-corrected chi connectivity index (χ3v) is 5.62. The molecular weight excluding hydrogens is 290 g/mol. The Bertz CT molecular complexity index is 499. The van der Waals surface area contributed by atoms with Crippen molar-refractivity contribution in [3.8, 4) is 0 Å². The predicted molar refractivity (Wildman–Crippen MR) is 74.1 cm³/mol. The number of halogens is 1. The smallest absolute Gasteiger partial charge is 0.228 e. The van der Waals surface area contributed by atoms with Gasteiger partial charge in [-0.15, -0.1) is 0 Å². The highest BCUT2D eigenvalue weighted by molar-refractivity contribution is 9.10. The van der Waals surface area contributed by atoms with Crippen LogP contribution in [0.5, 0.6) is 0 Å². The maximum atomic E-state index is 12.3. The summed E-state index contributed by atoms with van der Waals surface area (Å²) in [5.74, 6) is 3.72. The summed E-state index contributed by atoms with van der Waals surface area (Å²) in [7, 11) is 0. The molecular formula is C15H16BrNO. The predicted octanol–water partition coefficient (Wildman–Crippen LogP) is 3.68. The standard InChI is InChI=1S/C15H16BrNO/c16-10-2-1-3-11(7-10)17-15(18)14-12-8-4-5-9(6-8)13(12)14/h1-3,7-9,12-14H,4-6H2,(H,17,18)/t8-,9-,12+,13+/m0/s1. The van der Waals surface area contributed by atoms with Crippen LogP contribution >= 0.6 is 15.9 Å². The number of hydrogen-bond donors (Lipinski definition) is 1. The van der Waals surface area contributed by atoms with Crippen LogP contribution in [-0.4, -0.2) is 5.91 Å². The minimum atomic E-state index is 0.250. The van der Waals surface area contributed by atoms with Crippen molar-refractivity contribution in [2.75, 3.05) is 5.32 Å². The van der Waals surface area contributed by atoms with E-state index < -0.39 is 0 Å². The van der Waals surface area contributed by atoms with Gasteiger partial charge in [0.2, 0.25) is 5.91 Å². The first kappa shape index (κ1) is 11.0. The zero-order valence-corrected chi connectivity index (χ0v) is 11.7. The molecule has 94 valence electrons. The van der Waals surface area contributed by atoms with Gasteiger partial charge in [0, 0.05) is 16.1 Å². The quantitative estimate of drug-likeness (QED) is 0.887. The molecule has 1 aromatic rings. The fourth-order valence-electron chi connectivity index (χ4n) is 4.47. The van der Waals surface area contributed by atoms with Crippen molar-refractivity contribution in [2.45, 2.75) is 19.3 Å². The number of carbonyl (C=O) groups is 1. The molecule has 3 heteroatoms. The Morgan fingerprint density at radius 3 is 2.61 bits per heavy atom. The van der Waals surface area contributed by atoms with E-state index in [1.165, 1.54) is 19.3 Å². The molecule has 1 N–H and O–H groups in total. The van der Waals surface area contributed by atoms with Crippen molar-refractivity contribution in [1.82, 2.24) is 0 Å². The third-order valence-electron chi connectivity index (χ3n) is 5.13. The van der Waals surface area contributed by atoms with Gasteiger partial charge in [-0.3, -0.25) is 4.79 Å². The lowest BCUT2D eigenvalue weighted by atomic mass is 10.0. The third kappa shape index (κ3) is 1.56. The number of anilines is 1. The van der Waals surface area contributed by atoms with Gasteiger partial charge >= 0.3 is 0 Å². The maximum absolute atomic E-state index is 12.3. The number of fused-ring (bicyclic) bond motifs is 5. The second-order valence-corrected chi connectivity index (χ2v) is 6.93. The number of amides is 1. The van der Waals surface area contributed by atoms with E-state index in [1.807, 2.05) is 24.3 Å². The molecule has 2 bridgehead atoms. The maximum Gasteiger partial charge on any atom is 0.228 e. The molecule has 1 aromatic carbocycles. The molecule has 0 heterocycles. The van der Waals surface area contributed by atoms with Crippen LogP contribution in [0.15, 0.2) is 28.7 Å². The Morgan fingerprint density at radius 2 is 1.94 bits per heavy atom. The Morgan fingerprint density at radius 1 is 1.22 bits per heavy atom. The molecule has 0 unspecified atom stereocenters. The van der Waals surface area contributed by atoms with Crippen molar-refractivity contribution in [3.63, 3.8) is 0 Å². The number of hydrogen-bond acceptors (Lipinski definition) is 1. The summed E-state index contributed by atoms with van der Waals surface area (Å²) in [5, 5.41) is 3.07. The van der Waals surface area contributed by atoms with Gasteiger partial charge in [-0.05, 0) is 61.1 Å².